The molecule has 0 atom stereocenters. The average molecular weight is 488 g/mol. The van der Waals surface area contributed by atoms with Crippen molar-refractivity contribution in [1.29, 1.82) is 0 Å². The quantitative estimate of drug-likeness (QED) is 0.403. The maximum Gasteiger partial charge on any atom is 0.249 e. The molecule has 0 spiro atoms. The van der Waals surface area contributed by atoms with Crippen LogP contribution in [0.3, 0.4) is 0 Å². The molecule has 0 saturated heterocycles. The third-order valence-corrected chi connectivity index (χ3v) is 6.58. The zero-order valence-electron chi connectivity index (χ0n) is 21.0. The molecule has 8 heteroatoms. The van der Waals surface area contributed by atoms with E-state index in [1.165, 1.54) is 25.7 Å². The maximum atomic E-state index is 13.6. The lowest BCUT2D eigenvalue weighted by molar-refractivity contribution is -0.144. The Hall–Kier alpha value is -2.71. The standard InChI is InChI=1S/C27H38FN3O4/c1-34-17-7-16-30(27(33)21-35-2)20-26(32)31(24-8-4-3-5-9-24)19-25-10-6-15-29(25)18-22-11-13-23(28)14-12-22/h6,10-15,24H,3-5,7-9,16-21H2,1-2H3. The lowest BCUT2D eigenvalue weighted by atomic mass is 9.94. The van der Waals surface area contributed by atoms with Crippen LogP contribution in [0, 0.1) is 5.82 Å². The van der Waals surface area contributed by atoms with E-state index in [1.54, 1.807) is 24.1 Å². The van der Waals surface area contributed by atoms with Gasteiger partial charge in [-0.3, -0.25) is 9.59 Å². The topological polar surface area (TPSA) is 64.0 Å². The molecule has 192 valence electrons. The van der Waals surface area contributed by atoms with Gasteiger partial charge in [-0.25, -0.2) is 4.39 Å². The first-order chi connectivity index (χ1) is 17.0. The zero-order valence-corrected chi connectivity index (χ0v) is 21.0. The number of ether oxygens (including phenoxy) is 2. The van der Waals surface area contributed by atoms with Crippen molar-refractivity contribution in [3.63, 3.8) is 0 Å². The molecule has 1 aliphatic rings. The van der Waals surface area contributed by atoms with E-state index >= 15 is 0 Å². The van der Waals surface area contributed by atoms with E-state index in [0.717, 1.165) is 36.9 Å². The fourth-order valence-corrected chi connectivity index (χ4v) is 4.68. The maximum absolute atomic E-state index is 13.6. The van der Waals surface area contributed by atoms with Crippen LogP contribution < -0.4 is 0 Å². The Morgan fingerprint density at radius 2 is 1.77 bits per heavy atom. The minimum Gasteiger partial charge on any atom is -0.385 e. The van der Waals surface area contributed by atoms with Crippen LogP contribution >= 0.6 is 0 Å². The van der Waals surface area contributed by atoms with Gasteiger partial charge in [-0.1, -0.05) is 31.4 Å². The number of benzene rings is 1. The van der Waals surface area contributed by atoms with Crippen molar-refractivity contribution in [2.45, 2.75) is 57.7 Å². The molecular weight excluding hydrogens is 449 g/mol. The third-order valence-electron chi connectivity index (χ3n) is 6.58. The normalized spacial score (nSPS) is 14.1. The summed E-state index contributed by atoms with van der Waals surface area (Å²) in [6.45, 7) is 2.02. The van der Waals surface area contributed by atoms with Gasteiger partial charge in [-0.15, -0.1) is 0 Å². The number of carbonyl (C=O) groups excluding carboxylic acids is 2. The smallest absolute Gasteiger partial charge is 0.249 e. The number of carbonyl (C=O) groups is 2. The van der Waals surface area contributed by atoms with Gasteiger partial charge in [0, 0.05) is 51.8 Å². The predicted molar refractivity (Wildman–Crippen MR) is 132 cm³/mol. The third kappa shape index (κ3) is 8.18. The molecule has 7 nitrogen and oxygen atoms in total. The summed E-state index contributed by atoms with van der Waals surface area (Å²) < 4.78 is 25.6. The monoisotopic (exact) mass is 487 g/mol. The molecule has 1 saturated carbocycles. The largest absolute Gasteiger partial charge is 0.385 e. The first-order valence-corrected chi connectivity index (χ1v) is 12.5. The number of halogens is 1. The van der Waals surface area contributed by atoms with E-state index in [4.69, 9.17) is 9.47 Å². The van der Waals surface area contributed by atoms with Crippen LogP contribution in [0.1, 0.15) is 49.8 Å². The van der Waals surface area contributed by atoms with Gasteiger partial charge >= 0.3 is 0 Å². The Morgan fingerprint density at radius 1 is 1.03 bits per heavy atom. The van der Waals surface area contributed by atoms with Crippen LogP contribution in [-0.4, -0.2) is 72.7 Å². The van der Waals surface area contributed by atoms with Gasteiger partial charge in [-0.2, -0.15) is 0 Å². The molecule has 1 heterocycles. The van der Waals surface area contributed by atoms with Crippen molar-refractivity contribution in [3.05, 3.63) is 59.7 Å². The van der Waals surface area contributed by atoms with Crippen LogP contribution in [0.5, 0.6) is 0 Å². The number of amides is 2. The number of hydrogen-bond acceptors (Lipinski definition) is 4. The molecule has 0 unspecified atom stereocenters. The van der Waals surface area contributed by atoms with Gasteiger partial charge < -0.3 is 23.8 Å². The first kappa shape index (κ1) is 26.9. The number of aromatic nitrogens is 1. The fourth-order valence-electron chi connectivity index (χ4n) is 4.68. The Labute approximate surface area is 207 Å². The second-order valence-corrected chi connectivity index (χ2v) is 9.16. The molecule has 1 aliphatic carbocycles. The Kier molecular flexibility index (Phi) is 10.8. The second kappa shape index (κ2) is 14.0. The Bertz CT molecular complexity index is 925. The number of nitrogens with zero attached hydrogens (tertiary/aromatic N) is 3. The van der Waals surface area contributed by atoms with Crippen molar-refractivity contribution in [2.24, 2.45) is 0 Å². The highest BCUT2D eigenvalue weighted by Gasteiger charge is 2.28. The van der Waals surface area contributed by atoms with E-state index in [2.05, 4.69) is 4.57 Å². The van der Waals surface area contributed by atoms with Crippen LogP contribution in [0.15, 0.2) is 42.6 Å². The van der Waals surface area contributed by atoms with Crippen LogP contribution in [0.25, 0.3) is 0 Å². The molecule has 0 radical (unpaired) electrons. The molecule has 0 aliphatic heterocycles. The summed E-state index contributed by atoms with van der Waals surface area (Å²) >= 11 is 0. The number of hydrogen-bond donors (Lipinski definition) is 0. The molecule has 3 rings (SSSR count). The second-order valence-electron chi connectivity index (χ2n) is 9.16. The minimum atomic E-state index is -0.256. The Balaban J connectivity index is 1.76. The molecule has 0 bridgehead atoms. The molecule has 2 aromatic rings. The summed E-state index contributed by atoms with van der Waals surface area (Å²) in [7, 11) is 3.11. The van der Waals surface area contributed by atoms with Crippen molar-refractivity contribution in [3.8, 4) is 0 Å². The van der Waals surface area contributed by atoms with Crippen LogP contribution in [0.4, 0.5) is 4.39 Å². The molecule has 0 N–H and O–H groups in total. The minimum absolute atomic E-state index is 0.0288. The summed E-state index contributed by atoms with van der Waals surface area (Å²) in [6.07, 6.45) is 7.98. The molecule has 35 heavy (non-hydrogen) atoms. The Morgan fingerprint density at radius 3 is 2.46 bits per heavy atom. The summed E-state index contributed by atoms with van der Waals surface area (Å²) in [6, 6.07) is 10.6. The fraction of sp³-hybridized carbons (Fsp3) is 0.556. The molecule has 1 aromatic carbocycles. The van der Waals surface area contributed by atoms with E-state index in [1.807, 2.05) is 23.2 Å². The lowest BCUT2D eigenvalue weighted by Crippen LogP contribution is -2.48. The van der Waals surface area contributed by atoms with Crippen molar-refractivity contribution >= 4 is 11.8 Å². The predicted octanol–water partition coefficient (Wildman–Crippen LogP) is 3.85. The SMILES string of the molecule is COCCCN(CC(=O)N(Cc1cccn1Cc1ccc(F)cc1)C1CCCCC1)C(=O)COC. The summed E-state index contributed by atoms with van der Waals surface area (Å²) in [5, 5.41) is 0. The number of rotatable bonds is 13. The van der Waals surface area contributed by atoms with Gasteiger partial charge in [0.2, 0.25) is 11.8 Å². The average Bonchev–Trinajstić information content (AvgIpc) is 3.30. The van der Waals surface area contributed by atoms with Gasteiger partial charge in [-0.05, 0) is 49.1 Å². The lowest BCUT2D eigenvalue weighted by Gasteiger charge is -2.36. The van der Waals surface area contributed by atoms with Gasteiger partial charge in [0.15, 0.2) is 0 Å². The summed E-state index contributed by atoms with van der Waals surface area (Å²) in [5.41, 5.74) is 2.01. The highest BCUT2D eigenvalue weighted by atomic mass is 19.1. The highest BCUT2D eigenvalue weighted by Crippen LogP contribution is 2.25. The zero-order chi connectivity index (χ0) is 25.0. The summed E-state index contributed by atoms with van der Waals surface area (Å²) in [4.78, 5) is 29.8. The van der Waals surface area contributed by atoms with Crippen LogP contribution in [0.2, 0.25) is 0 Å². The van der Waals surface area contributed by atoms with E-state index < -0.39 is 0 Å². The van der Waals surface area contributed by atoms with Crippen LogP contribution in [-0.2, 0) is 32.2 Å². The highest BCUT2D eigenvalue weighted by molar-refractivity contribution is 5.85. The van der Waals surface area contributed by atoms with E-state index in [0.29, 0.717) is 32.7 Å². The number of methoxy groups -OCH3 is 2. The van der Waals surface area contributed by atoms with Gasteiger partial charge in [0.1, 0.15) is 12.4 Å². The van der Waals surface area contributed by atoms with E-state index in [-0.39, 0.29) is 36.8 Å². The van der Waals surface area contributed by atoms with Crippen molar-refractivity contribution in [2.75, 3.05) is 40.5 Å². The van der Waals surface area contributed by atoms with Crippen molar-refractivity contribution in [1.82, 2.24) is 14.4 Å². The molecular formula is C27H38FN3O4. The molecule has 1 aromatic heterocycles. The summed E-state index contributed by atoms with van der Waals surface area (Å²) in [5.74, 6) is -0.498. The van der Waals surface area contributed by atoms with E-state index in [9.17, 15) is 14.0 Å². The van der Waals surface area contributed by atoms with Crippen molar-refractivity contribution < 1.29 is 23.5 Å². The van der Waals surface area contributed by atoms with Gasteiger partial charge in [0.05, 0.1) is 13.1 Å². The van der Waals surface area contributed by atoms with Gasteiger partial charge in [0.25, 0.3) is 0 Å². The first-order valence-electron chi connectivity index (χ1n) is 12.5. The molecule has 1 fully saturated rings. The molecule has 2 amide bonds.